The van der Waals surface area contributed by atoms with Crippen LogP contribution in [0.25, 0.3) is 0 Å². The van der Waals surface area contributed by atoms with Gasteiger partial charge in [0.2, 0.25) is 10.0 Å². The Balaban J connectivity index is 2.30. The largest absolute Gasteiger partial charge is 0.364 e. The summed E-state index contributed by atoms with van der Waals surface area (Å²) in [6, 6.07) is 5.81. The lowest BCUT2D eigenvalue weighted by atomic mass is 10.2. The molecule has 8 heteroatoms. The molecule has 1 heterocycles. The molecule has 0 aliphatic carbocycles. The number of amides is 1. The first-order chi connectivity index (χ1) is 8.88. The van der Waals surface area contributed by atoms with Gasteiger partial charge >= 0.3 is 0 Å². The van der Waals surface area contributed by atoms with Crippen LogP contribution in [0.3, 0.4) is 0 Å². The molecule has 2 rings (SSSR count). The van der Waals surface area contributed by atoms with Gasteiger partial charge in [0.25, 0.3) is 5.91 Å². The molecule has 1 aromatic carbocycles. The number of nitrogens with one attached hydrogen (secondary N) is 1. The zero-order valence-electron chi connectivity index (χ0n) is 9.95. The second-order valence-electron chi connectivity index (χ2n) is 3.86. The number of benzene rings is 1. The first-order valence-corrected chi connectivity index (χ1v) is 6.78. The quantitative estimate of drug-likeness (QED) is 0.866. The monoisotopic (exact) mass is 281 g/mol. The molecule has 0 spiro atoms. The average Bonchev–Trinajstić information content (AvgIpc) is 2.83. The maximum Gasteiger partial charge on any atom is 0.277 e. The van der Waals surface area contributed by atoms with Gasteiger partial charge in [0.05, 0.1) is 4.90 Å². The molecule has 1 aromatic heterocycles. The Hall–Kier alpha value is -2.19. The van der Waals surface area contributed by atoms with E-state index in [-0.39, 0.29) is 10.6 Å². The van der Waals surface area contributed by atoms with Crippen LogP contribution >= 0.6 is 0 Å². The van der Waals surface area contributed by atoms with Crippen molar-refractivity contribution in [1.82, 2.24) is 5.16 Å². The van der Waals surface area contributed by atoms with Gasteiger partial charge in [0.1, 0.15) is 6.26 Å². The molecule has 0 radical (unpaired) electrons. The van der Waals surface area contributed by atoms with E-state index in [1.807, 2.05) is 0 Å². The van der Waals surface area contributed by atoms with Crippen molar-refractivity contribution in [3.63, 3.8) is 0 Å². The highest BCUT2D eigenvalue weighted by Gasteiger charge is 2.14. The van der Waals surface area contributed by atoms with Gasteiger partial charge in [-0.2, -0.15) is 0 Å². The van der Waals surface area contributed by atoms with Crippen LogP contribution in [0.4, 0.5) is 5.69 Å². The van der Waals surface area contributed by atoms with Crippen LogP contribution in [0.1, 0.15) is 16.1 Å². The van der Waals surface area contributed by atoms with Gasteiger partial charge in [-0.05, 0) is 24.6 Å². The maximum absolute atomic E-state index is 11.7. The summed E-state index contributed by atoms with van der Waals surface area (Å²) in [4.78, 5) is 11.7. The van der Waals surface area contributed by atoms with E-state index in [1.165, 1.54) is 18.4 Å². The van der Waals surface area contributed by atoms with Crippen LogP contribution in [-0.4, -0.2) is 19.5 Å². The third-order valence-electron chi connectivity index (χ3n) is 2.42. The van der Waals surface area contributed by atoms with Crippen molar-refractivity contribution < 1.29 is 17.7 Å². The van der Waals surface area contributed by atoms with E-state index in [0.717, 1.165) is 0 Å². The number of rotatable bonds is 3. The minimum absolute atomic E-state index is 0.0366. The molecular weight excluding hydrogens is 270 g/mol. The Bertz CT molecular complexity index is 708. The molecule has 0 aliphatic heterocycles. The number of nitrogens with two attached hydrogens (primary N) is 1. The summed E-state index contributed by atoms with van der Waals surface area (Å²) in [7, 11) is -3.83. The number of sulfonamides is 1. The van der Waals surface area contributed by atoms with Crippen molar-refractivity contribution in [3.05, 3.63) is 41.8 Å². The topological polar surface area (TPSA) is 115 Å². The van der Waals surface area contributed by atoms with Gasteiger partial charge in [-0.25, -0.2) is 13.6 Å². The zero-order valence-corrected chi connectivity index (χ0v) is 10.8. The lowest BCUT2D eigenvalue weighted by Gasteiger charge is -2.07. The summed E-state index contributed by atoms with van der Waals surface area (Å²) in [6.45, 7) is 1.61. The molecule has 0 saturated heterocycles. The Kier molecular flexibility index (Phi) is 3.36. The van der Waals surface area contributed by atoms with Crippen molar-refractivity contribution in [2.24, 2.45) is 5.14 Å². The Morgan fingerprint density at radius 2 is 2.11 bits per heavy atom. The number of hydrogen-bond acceptors (Lipinski definition) is 5. The number of nitrogens with zero attached hydrogens (tertiary/aromatic N) is 1. The summed E-state index contributed by atoms with van der Waals surface area (Å²) < 4.78 is 27.3. The molecule has 0 unspecified atom stereocenters. The van der Waals surface area contributed by atoms with E-state index in [0.29, 0.717) is 11.3 Å². The van der Waals surface area contributed by atoms with Gasteiger partial charge in [-0.1, -0.05) is 11.2 Å². The molecule has 0 fully saturated rings. The fourth-order valence-electron chi connectivity index (χ4n) is 1.51. The summed E-state index contributed by atoms with van der Waals surface area (Å²) >= 11 is 0. The molecule has 0 aliphatic rings. The molecule has 19 heavy (non-hydrogen) atoms. The van der Waals surface area contributed by atoms with Crippen LogP contribution < -0.4 is 10.5 Å². The lowest BCUT2D eigenvalue weighted by molar-refractivity contribution is 0.101. The number of carbonyl (C=O) groups is 1. The van der Waals surface area contributed by atoms with E-state index < -0.39 is 15.9 Å². The average molecular weight is 281 g/mol. The third-order valence-corrected chi connectivity index (χ3v) is 3.48. The highest BCUT2D eigenvalue weighted by Crippen LogP contribution is 2.19. The highest BCUT2D eigenvalue weighted by atomic mass is 32.2. The molecule has 0 atom stereocenters. The second kappa shape index (κ2) is 4.82. The van der Waals surface area contributed by atoms with Gasteiger partial charge in [-0.15, -0.1) is 0 Å². The highest BCUT2D eigenvalue weighted by molar-refractivity contribution is 7.89. The minimum atomic E-state index is -3.83. The summed E-state index contributed by atoms with van der Waals surface area (Å²) in [6.07, 6.45) is 1.26. The van der Waals surface area contributed by atoms with Crippen molar-refractivity contribution in [2.45, 2.75) is 11.8 Å². The summed E-state index contributed by atoms with van der Waals surface area (Å²) in [5, 5.41) is 11.1. The fourth-order valence-corrected chi connectivity index (χ4v) is 2.32. The number of anilines is 1. The predicted molar refractivity (Wildman–Crippen MR) is 67.0 cm³/mol. The van der Waals surface area contributed by atoms with Gasteiger partial charge in [0.15, 0.2) is 5.69 Å². The van der Waals surface area contributed by atoms with Crippen LogP contribution in [-0.2, 0) is 10.0 Å². The van der Waals surface area contributed by atoms with Crippen molar-refractivity contribution in [1.29, 1.82) is 0 Å². The summed E-state index contributed by atoms with van der Waals surface area (Å²) in [5.41, 5.74) is 0.905. The van der Waals surface area contributed by atoms with Crippen molar-refractivity contribution in [2.75, 3.05) is 5.32 Å². The molecule has 0 saturated carbocycles. The van der Waals surface area contributed by atoms with Crippen molar-refractivity contribution >= 4 is 21.6 Å². The first kappa shape index (κ1) is 13.2. The van der Waals surface area contributed by atoms with E-state index in [9.17, 15) is 13.2 Å². The third kappa shape index (κ3) is 2.98. The maximum atomic E-state index is 11.7. The van der Waals surface area contributed by atoms with E-state index in [1.54, 1.807) is 19.1 Å². The summed E-state index contributed by atoms with van der Waals surface area (Å²) in [5.74, 6) is -0.502. The number of primary sulfonamides is 1. The first-order valence-electron chi connectivity index (χ1n) is 5.23. The Morgan fingerprint density at radius 1 is 1.37 bits per heavy atom. The molecule has 100 valence electrons. The number of carbonyl (C=O) groups excluding carboxylic acids is 1. The lowest BCUT2D eigenvalue weighted by Crippen LogP contribution is -2.16. The number of hydrogen-bond donors (Lipinski definition) is 2. The number of aromatic nitrogens is 1. The second-order valence-corrected chi connectivity index (χ2v) is 5.39. The number of aryl methyl sites for hydroxylation is 1. The molecule has 3 N–H and O–H groups in total. The van der Waals surface area contributed by atoms with Crippen LogP contribution in [0.15, 0.2) is 39.9 Å². The van der Waals surface area contributed by atoms with Crippen LogP contribution in [0, 0.1) is 6.92 Å². The molecule has 1 amide bonds. The van der Waals surface area contributed by atoms with E-state index in [2.05, 4.69) is 15.0 Å². The molecule has 2 aromatic rings. The fraction of sp³-hybridized carbons (Fsp3) is 0.0909. The SMILES string of the molecule is Cc1ccc(NC(=O)c2ccon2)cc1S(N)(=O)=O. The van der Waals surface area contributed by atoms with Crippen molar-refractivity contribution in [3.8, 4) is 0 Å². The zero-order chi connectivity index (χ0) is 14.0. The predicted octanol–water partition coefficient (Wildman–Crippen LogP) is 0.883. The molecular formula is C11H11N3O4S. The molecule has 0 bridgehead atoms. The molecule has 7 nitrogen and oxygen atoms in total. The standard InChI is InChI=1S/C11H11N3O4S/c1-7-2-3-8(6-10(7)19(12,16)17)13-11(15)9-4-5-18-14-9/h2-6H,1H3,(H,13,15)(H2,12,16,17). The Labute approximate surface area is 109 Å². The van der Waals surface area contributed by atoms with Crippen LogP contribution in [0.5, 0.6) is 0 Å². The smallest absolute Gasteiger partial charge is 0.277 e. The van der Waals surface area contributed by atoms with Gasteiger partial charge in [-0.3, -0.25) is 4.79 Å². The minimum Gasteiger partial charge on any atom is -0.364 e. The van der Waals surface area contributed by atoms with Crippen LogP contribution in [0.2, 0.25) is 0 Å². The van der Waals surface area contributed by atoms with E-state index >= 15 is 0 Å². The van der Waals surface area contributed by atoms with Gasteiger partial charge in [0, 0.05) is 11.8 Å². The normalized spacial score (nSPS) is 11.3. The van der Waals surface area contributed by atoms with Gasteiger partial charge < -0.3 is 9.84 Å². The Morgan fingerprint density at radius 3 is 2.68 bits per heavy atom. The van der Waals surface area contributed by atoms with E-state index in [4.69, 9.17) is 5.14 Å².